The quantitative estimate of drug-likeness (QED) is 0.00658. The first-order valence-electron chi connectivity index (χ1n) is 34.3. The number of benzene rings is 8. The molecule has 12 N–H and O–H groups in total. The molecule has 12 aromatic rings. The second-order valence-electron chi connectivity index (χ2n) is 23.1. The molecule has 0 bridgehead atoms. The second kappa shape index (κ2) is 55.2. The zero-order valence-corrected chi connectivity index (χ0v) is 66.4. The van der Waals surface area contributed by atoms with E-state index in [9.17, 15) is 37.1 Å². The monoisotopic (exact) mass is 1740 g/mol. The fourth-order valence-corrected chi connectivity index (χ4v) is 10.6. The molecule has 0 fully saturated rings. The Labute approximate surface area is 725 Å². The van der Waals surface area contributed by atoms with Gasteiger partial charge in [-0.15, -0.1) is 25.7 Å². The minimum absolute atomic E-state index is 0. The number of hydrogen-bond donors (Lipinski definition) is 8. The van der Waals surface area contributed by atoms with Crippen LogP contribution in [0.4, 0.5) is 63.6 Å². The van der Waals surface area contributed by atoms with Crippen LogP contribution in [0.5, 0.6) is 40.2 Å². The molecule has 4 aromatic heterocycles. The number of ketones is 1. The molecule has 640 valence electrons. The van der Waals surface area contributed by atoms with Gasteiger partial charge in [0.15, 0.2) is 40.3 Å². The number of aryl methyl sites for hydroxylation is 1. The number of aliphatic hydroxyl groups is 1. The van der Waals surface area contributed by atoms with E-state index in [-0.39, 0.29) is 131 Å². The zero-order chi connectivity index (χ0) is 83.5. The molecule has 35 heteroatoms. The summed E-state index contributed by atoms with van der Waals surface area (Å²) >= 11 is 3.12. The fraction of sp³-hybridized carbons (Fsp3) is 0.230. The molecule has 4 heterocycles. The number of nitrogens with one attached hydrogen (secondary N) is 4. The summed E-state index contributed by atoms with van der Waals surface area (Å²) in [5.41, 5.74) is 6.53. The van der Waals surface area contributed by atoms with E-state index in [1.807, 2.05) is 19.1 Å². The molecular weight excluding hydrogens is 1650 g/mol. The maximum Gasteiger partial charge on any atom is 1.00 e. The number of nitrogens with two attached hydrogens (primary N) is 1. The van der Waals surface area contributed by atoms with Crippen LogP contribution in [0.2, 0.25) is 0 Å². The van der Waals surface area contributed by atoms with Gasteiger partial charge in [0.2, 0.25) is 0 Å². The predicted octanol–water partition coefficient (Wildman–Crippen LogP) is 12.9. The van der Waals surface area contributed by atoms with Gasteiger partial charge in [0, 0.05) is 80.3 Å². The normalized spacial score (nSPS) is 9.53. The standard InChI is InChI=1S/C22H20FN3O4.C21H18FN3O4.C18H14FN3O.C17H12FN3O2.C5H9BrO2.4CH4.Li.H3NO.2H2O/c1-4-14-10-15(6-7-17(14)23)26-22-16-11-20(30-9-8-21(27)29-5-2)19(28-3)12-18(16)24-13-25-22;1-3-13-8-14(4-5-17(13)22)25-21-16-9-20(29-7-6-15(27)11-26)19(28-2)10-18(16)23-12-24-21;1-4-12-8-13(5-6-15(12)19)22-18-14-7-11(2)17(23-3)9-16(14)20-10-21-18;1-3-10-6-11(4-5-13(10)18)21-17-12-7-15(22)16(23-2)8-14(12)19-9-20-17;1-2-8-5(7)3-4-6;;;;;;1-2;;/h1,6-7,10-13H,5,8-9H2,2-3H3,(H,24,25,26);1,4-5,8-10,12,26H,6-7,11H2,2H3,(H,23,24,25);1,5-10H,2-3H3,(H,20,21,22);1,4-9,22H,2H3,(H,19,20,21);2-4H2,1H3;4*1H4;;2H,1H2;2*1H2/q;;;;;;;;;+1;;;/p-1. The van der Waals surface area contributed by atoms with Gasteiger partial charge in [-0.05, 0) is 123 Å². The Balaban J connectivity index is 0.00000152. The number of fused-ring (bicyclic) bond motifs is 4. The van der Waals surface area contributed by atoms with Gasteiger partial charge < -0.3 is 85.5 Å². The minimum atomic E-state index is -0.530. The number of hydrogen-bond acceptors (Lipinski definition) is 28. The molecule has 0 radical (unpaired) electrons. The maximum atomic E-state index is 13.7. The van der Waals surface area contributed by atoms with Crippen LogP contribution in [0.3, 0.4) is 0 Å². The van der Waals surface area contributed by atoms with E-state index >= 15 is 0 Å². The number of anilines is 8. The van der Waals surface area contributed by atoms with Crippen LogP contribution in [-0.4, -0.2) is 151 Å². The molecule has 12 rings (SSSR count). The van der Waals surface area contributed by atoms with E-state index in [0.717, 1.165) is 22.2 Å². The van der Waals surface area contributed by atoms with E-state index in [1.54, 1.807) is 81.6 Å². The van der Waals surface area contributed by atoms with Crippen molar-refractivity contribution < 1.29 is 115 Å². The van der Waals surface area contributed by atoms with Crippen LogP contribution in [0.15, 0.2) is 147 Å². The number of carbonyl (C=O) groups excluding carboxylic acids is 3. The Kier molecular flexibility index (Phi) is 49.0. The van der Waals surface area contributed by atoms with Crippen molar-refractivity contribution in [1.29, 1.82) is 0 Å². The number of carbonyl (C=O) groups is 3. The number of aromatic nitrogens is 8. The number of Topliss-reactive ketones (excluding diaryl/α,β-unsaturated/α-hetero) is 1. The first kappa shape index (κ1) is 108. The minimum Gasteiger partial charge on any atom is -0.870 e. The van der Waals surface area contributed by atoms with Crippen molar-refractivity contribution in [2.75, 3.05) is 88.1 Å². The second-order valence-corrected chi connectivity index (χ2v) is 23.9. The number of halogens is 5. The van der Waals surface area contributed by atoms with E-state index in [0.29, 0.717) is 132 Å². The third-order valence-electron chi connectivity index (χ3n) is 15.8. The molecule has 0 spiro atoms. The Morgan fingerprint density at radius 2 is 0.738 bits per heavy atom. The zero-order valence-electron chi connectivity index (χ0n) is 64.9. The Morgan fingerprint density at radius 3 is 1.04 bits per heavy atom. The van der Waals surface area contributed by atoms with Gasteiger partial charge in [0.05, 0.1) is 112 Å². The first-order chi connectivity index (χ1) is 55.6. The number of aliphatic hydroxyl groups excluding tert-OH is 1. The van der Waals surface area contributed by atoms with Gasteiger partial charge in [0.1, 0.15) is 84.2 Å². The largest absolute Gasteiger partial charge is 1.00 e. The fourth-order valence-electron chi connectivity index (χ4n) is 10.3. The summed E-state index contributed by atoms with van der Waals surface area (Å²) in [5.74, 6) is 14.8. The van der Waals surface area contributed by atoms with Crippen molar-refractivity contribution in [3.63, 3.8) is 0 Å². The van der Waals surface area contributed by atoms with Crippen LogP contribution in [0, 0.1) is 79.6 Å². The average Bonchev–Trinajstić information content (AvgIpc) is 0.804. The number of terminal acetylenes is 4. The van der Waals surface area contributed by atoms with E-state index in [4.69, 9.17) is 69.2 Å². The van der Waals surface area contributed by atoms with Gasteiger partial charge in [-0.1, -0.05) is 69.3 Å². The third kappa shape index (κ3) is 30.3. The number of ether oxygens (including phenoxy) is 8. The SMILES string of the molecule is C.C.C.C.C#Cc1cc(Nc2ncnc3cc(OC)c(C)cc23)ccc1F.C#Cc1cc(Nc2ncnc3cc(OC)c(O)cc23)ccc1F.C#Cc1cc(Nc2ncnc3cc(OC)c(OCCC(=O)CO)cc23)ccc1F.C#Cc1cc(Nc2ncnc3cc(OC)c(OCCC(=O)OCC)cc23)ccc1F.CCOC(=O)CCBr.NO.O.[Li+].[OH-]. The summed E-state index contributed by atoms with van der Waals surface area (Å²) in [5, 5.41) is 41.1. The summed E-state index contributed by atoms with van der Waals surface area (Å²) in [6.07, 6.45) is 27.5. The number of methoxy groups -OCH3 is 4. The molecule has 0 atom stereocenters. The Morgan fingerprint density at radius 1 is 0.443 bits per heavy atom. The van der Waals surface area contributed by atoms with Gasteiger partial charge in [0.25, 0.3) is 0 Å². The molecule has 0 aliphatic heterocycles. The number of alkyl halides is 1. The maximum absolute atomic E-state index is 13.7. The van der Waals surface area contributed by atoms with Crippen LogP contribution < -0.4 is 74.4 Å². The molecule has 0 aliphatic carbocycles. The third-order valence-corrected chi connectivity index (χ3v) is 16.2. The van der Waals surface area contributed by atoms with Crippen LogP contribution >= 0.6 is 15.9 Å². The molecule has 0 amide bonds. The first-order valence-corrected chi connectivity index (χ1v) is 35.4. The molecule has 8 aromatic carbocycles. The number of phenolic OH excluding ortho intramolecular Hbond substituents is 1. The molecular formula is C87H95BrF4LiN13O16. The molecule has 122 heavy (non-hydrogen) atoms. The van der Waals surface area contributed by atoms with Crippen molar-refractivity contribution >= 4 is 123 Å². The van der Waals surface area contributed by atoms with Crippen LogP contribution in [-0.2, 0) is 23.9 Å². The van der Waals surface area contributed by atoms with Gasteiger partial charge in [-0.2, -0.15) is 0 Å². The van der Waals surface area contributed by atoms with Crippen LogP contribution in [0.25, 0.3) is 43.6 Å². The van der Waals surface area contributed by atoms with Crippen molar-refractivity contribution in [2.24, 2.45) is 5.90 Å². The molecule has 0 unspecified atom stereocenters. The van der Waals surface area contributed by atoms with Gasteiger partial charge in [-0.25, -0.2) is 63.3 Å². The topological polar surface area (TPSA) is 424 Å². The number of phenols is 1. The van der Waals surface area contributed by atoms with E-state index < -0.39 is 29.9 Å². The number of aromatic hydroxyl groups is 1. The predicted molar refractivity (Wildman–Crippen MR) is 464 cm³/mol. The Hall–Kier alpha value is -13.6. The molecule has 0 saturated carbocycles. The van der Waals surface area contributed by atoms with E-state index in [2.05, 4.69) is 111 Å². The van der Waals surface area contributed by atoms with E-state index in [1.165, 1.54) is 95.2 Å². The summed E-state index contributed by atoms with van der Waals surface area (Å²) in [7, 11) is 6.09. The molecule has 0 aliphatic rings. The molecule has 0 saturated heterocycles. The summed E-state index contributed by atoms with van der Waals surface area (Å²) in [4.78, 5) is 67.0. The van der Waals surface area contributed by atoms with Crippen LogP contribution in [0.1, 0.15) is 90.6 Å². The smallest absolute Gasteiger partial charge is 0.870 e. The van der Waals surface area contributed by atoms with Gasteiger partial charge >= 0.3 is 30.8 Å². The van der Waals surface area contributed by atoms with Gasteiger partial charge in [-0.3, -0.25) is 14.4 Å². The van der Waals surface area contributed by atoms with Crippen molar-refractivity contribution in [2.45, 2.75) is 69.7 Å². The van der Waals surface area contributed by atoms with Crippen molar-refractivity contribution in [1.82, 2.24) is 39.9 Å². The number of nitrogens with zero attached hydrogens (tertiary/aromatic N) is 8. The summed E-state index contributed by atoms with van der Waals surface area (Å²) in [6.45, 7) is 5.96. The summed E-state index contributed by atoms with van der Waals surface area (Å²) in [6, 6.07) is 31.2. The summed E-state index contributed by atoms with van der Waals surface area (Å²) < 4.78 is 96.2. The number of esters is 2. The van der Waals surface area contributed by atoms with Crippen molar-refractivity contribution in [3.8, 4) is 89.6 Å². The average molecular weight is 1740 g/mol. The molecule has 29 nitrogen and oxygen atoms in total. The van der Waals surface area contributed by atoms with Crippen molar-refractivity contribution in [3.05, 3.63) is 198 Å². The Bertz CT molecular complexity index is 5460. The number of rotatable bonds is 25.